The van der Waals surface area contributed by atoms with Crippen LogP contribution < -0.4 is 19.1 Å². The molecule has 4 aromatic carbocycles. The van der Waals surface area contributed by atoms with Crippen molar-refractivity contribution in [1.82, 2.24) is 0 Å². The standard InChI is InChI=1S/C26H24N2O5S/c1-32-22-14-15-25(33-2)24(17-22)28(34(30,31)23-10-4-3-5-11-23)18-26(29)27-21-13-12-19-8-6-7-9-20(19)16-21/h3-17H,18H2,1-2H3,(H,27,29). The van der Waals surface area contributed by atoms with Gasteiger partial charge in [0.1, 0.15) is 18.0 Å². The Balaban J connectivity index is 1.71. The molecule has 0 saturated carbocycles. The molecule has 0 saturated heterocycles. The number of carbonyl (C=O) groups excluding carboxylic acids is 1. The third-order valence-corrected chi connectivity index (χ3v) is 7.08. The Kier molecular flexibility index (Phi) is 6.70. The highest BCUT2D eigenvalue weighted by Gasteiger charge is 2.30. The SMILES string of the molecule is COc1ccc(OC)c(N(CC(=O)Nc2ccc3ccccc3c2)S(=O)(=O)c2ccccc2)c1. The molecular weight excluding hydrogens is 452 g/mol. The summed E-state index contributed by atoms with van der Waals surface area (Å²) in [5.41, 5.74) is 0.762. The number of benzene rings is 4. The first-order valence-electron chi connectivity index (χ1n) is 10.5. The second-order valence-electron chi connectivity index (χ2n) is 7.47. The van der Waals surface area contributed by atoms with Gasteiger partial charge in [-0.3, -0.25) is 9.10 Å². The Morgan fingerprint density at radius 2 is 1.53 bits per heavy atom. The molecule has 0 radical (unpaired) electrons. The minimum Gasteiger partial charge on any atom is -0.497 e. The van der Waals surface area contributed by atoms with Gasteiger partial charge in [-0.15, -0.1) is 0 Å². The lowest BCUT2D eigenvalue weighted by Crippen LogP contribution is -2.38. The van der Waals surface area contributed by atoms with Gasteiger partial charge in [-0.1, -0.05) is 48.5 Å². The van der Waals surface area contributed by atoms with Crippen molar-refractivity contribution in [3.63, 3.8) is 0 Å². The maximum absolute atomic E-state index is 13.6. The van der Waals surface area contributed by atoms with Gasteiger partial charge in [0.25, 0.3) is 10.0 Å². The number of sulfonamides is 1. The smallest absolute Gasteiger partial charge is 0.264 e. The van der Waals surface area contributed by atoms with E-state index >= 15 is 0 Å². The van der Waals surface area contributed by atoms with Crippen LogP contribution in [0.3, 0.4) is 0 Å². The molecule has 1 amide bonds. The predicted molar refractivity (Wildman–Crippen MR) is 133 cm³/mol. The minimum atomic E-state index is -4.10. The van der Waals surface area contributed by atoms with E-state index in [9.17, 15) is 13.2 Å². The quantitative estimate of drug-likeness (QED) is 0.399. The zero-order valence-electron chi connectivity index (χ0n) is 18.8. The Labute approximate surface area is 198 Å². The van der Waals surface area contributed by atoms with E-state index in [4.69, 9.17) is 9.47 Å². The van der Waals surface area contributed by atoms with Crippen LogP contribution in [0.2, 0.25) is 0 Å². The lowest BCUT2D eigenvalue weighted by molar-refractivity contribution is -0.114. The molecule has 7 nitrogen and oxygen atoms in total. The summed E-state index contributed by atoms with van der Waals surface area (Å²) in [4.78, 5) is 13.1. The monoisotopic (exact) mass is 476 g/mol. The van der Waals surface area contributed by atoms with Crippen molar-refractivity contribution in [2.45, 2.75) is 4.90 Å². The van der Waals surface area contributed by atoms with Gasteiger partial charge in [0.05, 0.1) is 24.8 Å². The molecule has 0 aliphatic heterocycles. The largest absolute Gasteiger partial charge is 0.497 e. The molecule has 1 N–H and O–H groups in total. The Hall–Kier alpha value is -4.04. The van der Waals surface area contributed by atoms with E-state index in [0.717, 1.165) is 15.1 Å². The normalized spacial score (nSPS) is 11.1. The highest BCUT2D eigenvalue weighted by molar-refractivity contribution is 7.92. The average Bonchev–Trinajstić information content (AvgIpc) is 2.87. The molecule has 0 unspecified atom stereocenters. The van der Waals surface area contributed by atoms with E-state index in [1.54, 1.807) is 36.4 Å². The molecule has 0 bridgehead atoms. The number of ether oxygens (including phenoxy) is 2. The molecule has 174 valence electrons. The van der Waals surface area contributed by atoms with Crippen LogP contribution in [0, 0.1) is 0 Å². The van der Waals surface area contributed by atoms with Crippen molar-refractivity contribution in [2.75, 3.05) is 30.4 Å². The fourth-order valence-corrected chi connectivity index (χ4v) is 5.05. The van der Waals surface area contributed by atoms with Crippen LogP contribution in [0.25, 0.3) is 10.8 Å². The minimum absolute atomic E-state index is 0.0541. The number of fused-ring (bicyclic) bond motifs is 1. The van der Waals surface area contributed by atoms with Gasteiger partial charge in [0.2, 0.25) is 5.91 Å². The summed E-state index contributed by atoms with van der Waals surface area (Å²) >= 11 is 0. The summed E-state index contributed by atoms with van der Waals surface area (Å²) < 4.78 is 39.0. The highest BCUT2D eigenvalue weighted by atomic mass is 32.2. The summed E-state index contributed by atoms with van der Waals surface area (Å²) in [6, 6.07) is 26.0. The number of anilines is 2. The van der Waals surface area contributed by atoms with Crippen LogP contribution >= 0.6 is 0 Å². The van der Waals surface area contributed by atoms with Crippen LogP contribution in [-0.4, -0.2) is 35.1 Å². The van der Waals surface area contributed by atoms with E-state index in [1.807, 2.05) is 36.4 Å². The number of rotatable bonds is 8. The number of nitrogens with zero attached hydrogens (tertiary/aromatic N) is 1. The maximum atomic E-state index is 13.6. The lowest BCUT2D eigenvalue weighted by Gasteiger charge is -2.26. The average molecular weight is 477 g/mol. The van der Waals surface area contributed by atoms with Crippen LogP contribution in [-0.2, 0) is 14.8 Å². The van der Waals surface area contributed by atoms with Crippen LogP contribution in [0.15, 0.2) is 95.9 Å². The number of hydrogen-bond donors (Lipinski definition) is 1. The first-order valence-corrected chi connectivity index (χ1v) is 11.9. The summed E-state index contributed by atoms with van der Waals surface area (Å²) in [5.74, 6) is 0.220. The molecule has 34 heavy (non-hydrogen) atoms. The zero-order chi connectivity index (χ0) is 24.1. The van der Waals surface area contributed by atoms with Gasteiger partial charge >= 0.3 is 0 Å². The van der Waals surface area contributed by atoms with Gasteiger partial charge in [0, 0.05) is 11.8 Å². The number of nitrogens with one attached hydrogen (secondary N) is 1. The van der Waals surface area contributed by atoms with Crippen molar-refractivity contribution in [2.24, 2.45) is 0 Å². The molecule has 0 spiro atoms. The van der Waals surface area contributed by atoms with Gasteiger partial charge in [-0.2, -0.15) is 0 Å². The summed E-state index contributed by atoms with van der Waals surface area (Å²) in [6.45, 7) is -0.465. The third-order valence-electron chi connectivity index (χ3n) is 5.31. The van der Waals surface area contributed by atoms with E-state index < -0.39 is 22.5 Å². The molecule has 0 atom stereocenters. The van der Waals surface area contributed by atoms with E-state index in [-0.39, 0.29) is 10.6 Å². The summed E-state index contributed by atoms with van der Waals surface area (Å²) in [7, 11) is -1.18. The molecule has 8 heteroatoms. The zero-order valence-corrected chi connectivity index (χ0v) is 19.6. The van der Waals surface area contributed by atoms with Crippen LogP contribution in [0.1, 0.15) is 0 Å². The van der Waals surface area contributed by atoms with Crippen molar-refractivity contribution in [3.05, 3.63) is 91.0 Å². The van der Waals surface area contributed by atoms with Crippen molar-refractivity contribution < 1.29 is 22.7 Å². The van der Waals surface area contributed by atoms with Gasteiger partial charge in [0.15, 0.2) is 0 Å². The van der Waals surface area contributed by atoms with Crippen LogP contribution in [0.4, 0.5) is 11.4 Å². The van der Waals surface area contributed by atoms with E-state index in [1.165, 1.54) is 32.4 Å². The molecule has 0 fully saturated rings. The molecule has 4 rings (SSSR count). The Bertz CT molecular complexity index is 1420. The lowest BCUT2D eigenvalue weighted by atomic mass is 10.1. The highest BCUT2D eigenvalue weighted by Crippen LogP contribution is 2.35. The number of carbonyl (C=O) groups is 1. The molecule has 4 aromatic rings. The maximum Gasteiger partial charge on any atom is 0.264 e. The second-order valence-corrected chi connectivity index (χ2v) is 9.33. The fraction of sp³-hybridized carbons (Fsp3) is 0.115. The van der Waals surface area contributed by atoms with Gasteiger partial charge < -0.3 is 14.8 Å². The van der Waals surface area contributed by atoms with Gasteiger partial charge in [-0.05, 0) is 47.2 Å². The molecule has 0 aromatic heterocycles. The Morgan fingerprint density at radius 3 is 2.24 bits per heavy atom. The van der Waals surface area contributed by atoms with Gasteiger partial charge in [-0.25, -0.2) is 8.42 Å². The molecule has 0 aliphatic carbocycles. The van der Waals surface area contributed by atoms with Crippen molar-refractivity contribution in [1.29, 1.82) is 0 Å². The Morgan fingerprint density at radius 1 is 0.824 bits per heavy atom. The van der Waals surface area contributed by atoms with Crippen molar-refractivity contribution in [3.8, 4) is 11.5 Å². The second kappa shape index (κ2) is 9.84. The summed E-state index contributed by atoms with van der Waals surface area (Å²) in [6.07, 6.45) is 0. The van der Waals surface area contributed by atoms with E-state index in [0.29, 0.717) is 17.2 Å². The fourth-order valence-electron chi connectivity index (χ4n) is 3.61. The predicted octanol–water partition coefficient (Wildman–Crippen LogP) is 4.69. The third kappa shape index (κ3) is 4.82. The first kappa shape index (κ1) is 23.1. The van der Waals surface area contributed by atoms with Crippen LogP contribution in [0.5, 0.6) is 11.5 Å². The van der Waals surface area contributed by atoms with E-state index in [2.05, 4.69) is 5.32 Å². The number of hydrogen-bond acceptors (Lipinski definition) is 5. The first-order chi connectivity index (χ1) is 16.4. The number of methoxy groups -OCH3 is 2. The number of amides is 1. The molecule has 0 aliphatic rings. The molecular formula is C26H24N2O5S. The molecule has 0 heterocycles. The van der Waals surface area contributed by atoms with Crippen molar-refractivity contribution >= 4 is 38.1 Å². The summed E-state index contributed by atoms with van der Waals surface area (Å²) in [5, 5.41) is 4.81. The topological polar surface area (TPSA) is 84.9 Å².